The van der Waals surface area contributed by atoms with Crippen LogP contribution in [0.4, 0.5) is 87.8 Å². The third-order valence-corrected chi connectivity index (χ3v) is 2.99. The molecule has 0 aromatic carbocycles. The minimum Gasteiger partial charge on any atom is -0.381 e. The van der Waals surface area contributed by atoms with Crippen LogP contribution in [0, 0.1) is 0 Å². The molecule has 206 valence electrons. The molecular formula is C10H2F20O4. The van der Waals surface area contributed by atoms with Crippen LogP contribution >= 0.6 is 0 Å². The van der Waals surface area contributed by atoms with Crippen molar-refractivity contribution in [3.63, 3.8) is 0 Å². The van der Waals surface area contributed by atoms with Gasteiger partial charge in [-0.05, 0) is 0 Å². The highest BCUT2D eigenvalue weighted by Gasteiger charge is 2.84. The van der Waals surface area contributed by atoms with Gasteiger partial charge in [0.2, 0.25) is 0 Å². The maximum atomic E-state index is 13.9. The molecule has 0 bridgehead atoms. The first-order valence-corrected chi connectivity index (χ1v) is 6.84. The van der Waals surface area contributed by atoms with E-state index in [0.29, 0.717) is 0 Å². The van der Waals surface area contributed by atoms with Crippen LogP contribution in [-0.2, 0) is 14.2 Å². The van der Waals surface area contributed by atoms with E-state index in [1.54, 1.807) is 0 Å². The number of aliphatic hydroxyl groups is 1. The SMILES string of the molecule is OC(C(F)(OC(F)(F)F)C(F)(F)F)C(F)(OC(F)(F)C(F)(F)C(F)(F)OC(F)(F)F)C(F)(F)F. The molecule has 0 heterocycles. The van der Waals surface area contributed by atoms with E-state index in [4.69, 9.17) is 5.11 Å². The Bertz CT molecular complexity index is 704. The maximum Gasteiger partial charge on any atom is 0.527 e. The van der Waals surface area contributed by atoms with Crippen molar-refractivity contribution in [2.75, 3.05) is 0 Å². The Morgan fingerprint density at radius 1 is 0.412 bits per heavy atom. The lowest BCUT2D eigenvalue weighted by molar-refractivity contribution is -0.545. The van der Waals surface area contributed by atoms with Crippen molar-refractivity contribution in [1.82, 2.24) is 0 Å². The van der Waals surface area contributed by atoms with E-state index in [-0.39, 0.29) is 0 Å². The highest BCUT2D eigenvalue weighted by atomic mass is 19.4. The van der Waals surface area contributed by atoms with Gasteiger partial charge in [0.25, 0.3) is 0 Å². The largest absolute Gasteiger partial charge is 0.527 e. The van der Waals surface area contributed by atoms with Gasteiger partial charge in [0, 0.05) is 0 Å². The van der Waals surface area contributed by atoms with E-state index in [1.807, 2.05) is 0 Å². The summed E-state index contributed by atoms with van der Waals surface area (Å²) >= 11 is 0. The fraction of sp³-hybridized carbons (Fsp3) is 1.00. The average molecular weight is 566 g/mol. The summed E-state index contributed by atoms with van der Waals surface area (Å²) in [7, 11) is 0. The minimum atomic E-state index is -8.15. The standard InChI is InChI=1S/C10H2F20O4/c11-2(5(15,16)17,1(31)3(12,6(18,19)20)33-9(25,26)27)32-7(21,22)4(13,14)8(23,24)34-10(28,29)30/h1,31H. The van der Waals surface area contributed by atoms with E-state index in [2.05, 4.69) is 0 Å². The molecule has 0 aromatic rings. The molecule has 0 rings (SSSR count). The van der Waals surface area contributed by atoms with E-state index in [9.17, 15) is 87.8 Å². The summed E-state index contributed by atoms with van der Waals surface area (Å²) in [5.41, 5.74) is 0. The van der Waals surface area contributed by atoms with Crippen molar-refractivity contribution in [3.05, 3.63) is 0 Å². The lowest BCUT2D eigenvalue weighted by atomic mass is 10.0. The molecule has 0 aliphatic heterocycles. The lowest BCUT2D eigenvalue weighted by Gasteiger charge is -2.42. The van der Waals surface area contributed by atoms with Crippen molar-refractivity contribution < 1.29 is 107 Å². The van der Waals surface area contributed by atoms with Gasteiger partial charge in [-0.25, -0.2) is 9.47 Å². The molecule has 0 aliphatic rings. The predicted octanol–water partition coefficient (Wildman–Crippen LogP) is 5.71. The molecule has 4 nitrogen and oxygen atoms in total. The molecule has 34 heavy (non-hydrogen) atoms. The zero-order valence-corrected chi connectivity index (χ0v) is 14.3. The van der Waals surface area contributed by atoms with Gasteiger partial charge in [0.05, 0.1) is 0 Å². The number of alkyl halides is 20. The monoisotopic (exact) mass is 566 g/mol. The zero-order valence-electron chi connectivity index (χ0n) is 14.3. The number of hydrogen-bond acceptors (Lipinski definition) is 4. The Labute approximate surface area is 169 Å². The summed E-state index contributed by atoms with van der Waals surface area (Å²) in [5.74, 6) is -23.6. The van der Waals surface area contributed by atoms with Crippen molar-refractivity contribution in [2.24, 2.45) is 0 Å². The number of aliphatic hydroxyl groups excluding tert-OH is 1. The van der Waals surface area contributed by atoms with Crippen LogP contribution in [0.15, 0.2) is 0 Å². The Balaban J connectivity index is 6.80. The molecule has 0 spiro atoms. The van der Waals surface area contributed by atoms with Gasteiger partial charge in [-0.1, -0.05) is 0 Å². The fourth-order valence-electron chi connectivity index (χ4n) is 1.57. The molecule has 1 N–H and O–H groups in total. The lowest BCUT2D eigenvalue weighted by Crippen LogP contribution is -2.70. The molecule has 0 aromatic heterocycles. The molecule has 24 heteroatoms. The maximum absolute atomic E-state index is 13.9. The van der Waals surface area contributed by atoms with Gasteiger partial charge >= 0.3 is 54.9 Å². The topological polar surface area (TPSA) is 47.9 Å². The number of ether oxygens (including phenoxy) is 3. The minimum absolute atomic E-state index is 1.19. The van der Waals surface area contributed by atoms with Crippen molar-refractivity contribution in [3.8, 4) is 0 Å². The van der Waals surface area contributed by atoms with Crippen LogP contribution in [0.1, 0.15) is 0 Å². The van der Waals surface area contributed by atoms with E-state index in [0.717, 1.165) is 0 Å². The first-order chi connectivity index (χ1) is 14.3. The molecule has 0 saturated heterocycles. The summed E-state index contributed by atoms with van der Waals surface area (Å²) in [6, 6.07) is 0. The van der Waals surface area contributed by atoms with Gasteiger partial charge in [0.15, 0.2) is 6.10 Å². The Kier molecular flexibility index (Phi) is 8.14. The van der Waals surface area contributed by atoms with Gasteiger partial charge in [-0.2, -0.15) is 61.5 Å². The number of rotatable bonds is 8. The van der Waals surface area contributed by atoms with E-state index >= 15 is 0 Å². The second kappa shape index (κ2) is 8.53. The second-order valence-electron chi connectivity index (χ2n) is 5.49. The summed E-state index contributed by atoms with van der Waals surface area (Å²) in [5, 5.41) is 8.62. The quantitative estimate of drug-likeness (QED) is 0.383. The zero-order chi connectivity index (χ0) is 28.2. The normalized spacial score (nSPS) is 20.0. The third kappa shape index (κ3) is 6.35. The molecule has 3 unspecified atom stereocenters. The molecule has 0 aliphatic carbocycles. The molecule has 3 atom stereocenters. The van der Waals surface area contributed by atoms with Crippen LogP contribution in [-0.4, -0.2) is 66.1 Å². The average Bonchev–Trinajstić information content (AvgIpc) is 2.46. The van der Waals surface area contributed by atoms with Crippen LogP contribution < -0.4 is 0 Å². The third-order valence-electron chi connectivity index (χ3n) is 2.99. The Morgan fingerprint density at radius 2 is 0.676 bits per heavy atom. The Morgan fingerprint density at radius 3 is 0.941 bits per heavy atom. The van der Waals surface area contributed by atoms with Crippen molar-refractivity contribution in [1.29, 1.82) is 0 Å². The Hall–Kier alpha value is -1.56. The molecule has 0 amide bonds. The summed E-state index contributed by atoms with van der Waals surface area (Å²) in [6.45, 7) is 0. The first-order valence-electron chi connectivity index (χ1n) is 6.84. The van der Waals surface area contributed by atoms with Gasteiger partial charge < -0.3 is 5.11 Å². The summed E-state index contributed by atoms with van der Waals surface area (Å²) in [4.78, 5) is 0. The van der Waals surface area contributed by atoms with Crippen LogP contribution in [0.25, 0.3) is 0 Å². The van der Waals surface area contributed by atoms with Crippen molar-refractivity contribution in [2.45, 2.75) is 61.0 Å². The molecule has 0 radical (unpaired) electrons. The highest BCUT2D eigenvalue weighted by Crippen LogP contribution is 2.56. The van der Waals surface area contributed by atoms with Crippen LogP contribution in [0.3, 0.4) is 0 Å². The first kappa shape index (κ1) is 32.4. The second-order valence-corrected chi connectivity index (χ2v) is 5.49. The molecule has 0 saturated carbocycles. The predicted molar refractivity (Wildman–Crippen MR) is 56.0 cm³/mol. The van der Waals surface area contributed by atoms with E-state index < -0.39 is 61.0 Å². The number of hydrogen-bond donors (Lipinski definition) is 1. The number of halogens is 20. The summed E-state index contributed by atoms with van der Waals surface area (Å²) < 4.78 is 256. The molecular weight excluding hydrogens is 564 g/mol. The van der Waals surface area contributed by atoms with Gasteiger partial charge in [-0.3, -0.25) is 4.74 Å². The fourth-order valence-corrected chi connectivity index (χ4v) is 1.57. The summed E-state index contributed by atoms with van der Waals surface area (Å²) in [6.07, 6.45) is -52.1. The smallest absolute Gasteiger partial charge is 0.381 e. The van der Waals surface area contributed by atoms with Gasteiger partial charge in [-0.15, -0.1) is 26.3 Å². The van der Waals surface area contributed by atoms with Crippen molar-refractivity contribution >= 4 is 0 Å². The van der Waals surface area contributed by atoms with E-state index in [1.165, 1.54) is 14.2 Å². The molecule has 0 fully saturated rings. The van der Waals surface area contributed by atoms with Gasteiger partial charge in [0.1, 0.15) is 0 Å². The van der Waals surface area contributed by atoms with Crippen LogP contribution in [0.5, 0.6) is 0 Å². The highest BCUT2D eigenvalue weighted by molar-refractivity contribution is 5.01. The van der Waals surface area contributed by atoms with Crippen LogP contribution in [0.2, 0.25) is 0 Å².